The summed E-state index contributed by atoms with van der Waals surface area (Å²) in [5.74, 6) is -0.701. The highest BCUT2D eigenvalue weighted by Crippen LogP contribution is 2.38. The maximum absolute atomic E-state index is 11.5. The Balaban J connectivity index is 3.03. The van der Waals surface area contributed by atoms with Gasteiger partial charge in [-0.2, -0.15) is 0 Å². The van der Waals surface area contributed by atoms with Crippen LogP contribution in [0.3, 0.4) is 0 Å². The van der Waals surface area contributed by atoms with Crippen molar-refractivity contribution in [3.63, 3.8) is 0 Å². The van der Waals surface area contributed by atoms with Crippen LogP contribution in [0.1, 0.15) is 44.6 Å². The third kappa shape index (κ3) is 4.87. The van der Waals surface area contributed by atoms with Crippen molar-refractivity contribution in [2.45, 2.75) is 39.0 Å². The largest absolute Gasteiger partial charge is 0.481 e. The third-order valence-electron chi connectivity index (χ3n) is 3.34. The van der Waals surface area contributed by atoms with Crippen LogP contribution in [0.15, 0.2) is 25.6 Å². The van der Waals surface area contributed by atoms with E-state index < -0.39 is 11.9 Å². The van der Waals surface area contributed by atoms with E-state index in [1.807, 2.05) is 12.1 Å². The van der Waals surface area contributed by atoms with Gasteiger partial charge in [-0.1, -0.05) is 68.1 Å². The van der Waals surface area contributed by atoms with Crippen LogP contribution >= 0.6 is 47.8 Å². The monoisotopic (exact) mass is 454 g/mol. The standard InChI is InChI=1S/C14H17Br3O2/c1-3-8(2)4-5-10(14(18)19)13-11(16)6-9(15)7-12(13)17/h6-8,10H,3-5H2,1-2H3,(H,18,19). The molecular formula is C14H17Br3O2. The first-order valence-corrected chi connectivity index (χ1v) is 8.61. The number of aliphatic carboxylic acids is 1. The lowest BCUT2D eigenvalue weighted by atomic mass is 9.90. The molecule has 0 aliphatic carbocycles. The average molecular weight is 457 g/mol. The topological polar surface area (TPSA) is 37.3 Å². The van der Waals surface area contributed by atoms with Gasteiger partial charge in [-0.05, 0) is 36.5 Å². The van der Waals surface area contributed by atoms with Gasteiger partial charge in [0, 0.05) is 13.4 Å². The average Bonchev–Trinajstić information content (AvgIpc) is 2.31. The maximum Gasteiger partial charge on any atom is 0.311 e. The first-order valence-electron chi connectivity index (χ1n) is 6.24. The molecule has 0 saturated heterocycles. The third-order valence-corrected chi connectivity index (χ3v) is 5.11. The smallest absolute Gasteiger partial charge is 0.311 e. The second-order valence-corrected chi connectivity index (χ2v) is 7.39. The highest BCUT2D eigenvalue weighted by Gasteiger charge is 2.25. The molecule has 0 aromatic heterocycles. The first-order chi connectivity index (χ1) is 8.86. The molecule has 0 aliphatic heterocycles. The molecule has 1 N–H and O–H groups in total. The Morgan fingerprint density at radius 1 is 1.21 bits per heavy atom. The SMILES string of the molecule is CCC(C)CCC(C(=O)O)c1c(Br)cc(Br)cc1Br. The highest BCUT2D eigenvalue weighted by molar-refractivity contribution is 9.11. The van der Waals surface area contributed by atoms with E-state index in [9.17, 15) is 9.90 Å². The van der Waals surface area contributed by atoms with Gasteiger partial charge >= 0.3 is 5.97 Å². The zero-order valence-electron chi connectivity index (χ0n) is 10.9. The summed E-state index contributed by atoms with van der Waals surface area (Å²) >= 11 is 10.3. The van der Waals surface area contributed by atoms with Crippen LogP contribution in [0.4, 0.5) is 0 Å². The molecule has 1 rings (SSSR count). The Bertz CT molecular complexity index is 437. The highest BCUT2D eigenvalue weighted by atomic mass is 79.9. The van der Waals surface area contributed by atoms with Crippen LogP contribution in [0.5, 0.6) is 0 Å². The van der Waals surface area contributed by atoms with E-state index in [4.69, 9.17) is 0 Å². The minimum absolute atomic E-state index is 0.481. The molecule has 0 saturated carbocycles. The van der Waals surface area contributed by atoms with Crippen LogP contribution in [0.2, 0.25) is 0 Å². The number of carboxylic acid groups (broad SMARTS) is 1. The minimum atomic E-state index is -0.771. The lowest BCUT2D eigenvalue weighted by molar-refractivity contribution is -0.139. The van der Waals surface area contributed by atoms with Gasteiger partial charge in [0.1, 0.15) is 0 Å². The van der Waals surface area contributed by atoms with Crippen molar-refractivity contribution in [2.24, 2.45) is 5.92 Å². The van der Waals surface area contributed by atoms with E-state index in [2.05, 4.69) is 61.6 Å². The summed E-state index contributed by atoms with van der Waals surface area (Å²) in [5.41, 5.74) is 0.819. The van der Waals surface area contributed by atoms with Crippen LogP contribution < -0.4 is 0 Å². The van der Waals surface area contributed by atoms with Crippen LogP contribution in [-0.2, 0) is 4.79 Å². The van der Waals surface area contributed by atoms with Crippen LogP contribution in [-0.4, -0.2) is 11.1 Å². The number of carbonyl (C=O) groups is 1. The van der Waals surface area contributed by atoms with E-state index in [1.54, 1.807) is 0 Å². The van der Waals surface area contributed by atoms with E-state index in [1.165, 1.54) is 0 Å². The summed E-state index contributed by atoms with van der Waals surface area (Å²) in [5, 5.41) is 9.48. The zero-order chi connectivity index (χ0) is 14.6. The van der Waals surface area contributed by atoms with Crippen molar-refractivity contribution in [1.29, 1.82) is 0 Å². The molecule has 0 aliphatic rings. The molecule has 2 nitrogen and oxygen atoms in total. The second-order valence-electron chi connectivity index (χ2n) is 4.76. The number of benzene rings is 1. The quantitative estimate of drug-likeness (QED) is 0.572. The van der Waals surface area contributed by atoms with Gasteiger partial charge in [-0.3, -0.25) is 4.79 Å². The molecule has 0 spiro atoms. The first kappa shape index (κ1) is 17.2. The fourth-order valence-electron chi connectivity index (χ4n) is 1.93. The molecule has 1 aromatic rings. The van der Waals surface area contributed by atoms with E-state index in [0.717, 1.165) is 31.8 Å². The molecule has 0 fully saturated rings. The summed E-state index contributed by atoms with van der Waals surface area (Å²) in [4.78, 5) is 11.5. The summed E-state index contributed by atoms with van der Waals surface area (Å²) in [6.45, 7) is 4.29. The van der Waals surface area contributed by atoms with Crippen LogP contribution in [0.25, 0.3) is 0 Å². The van der Waals surface area contributed by atoms with Crippen molar-refractivity contribution in [2.75, 3.05) is 0 Å². The van der Waals surface area contributed by atoms with Gasteiger partial charge < -0.3 is 5.11 Å². The number of halogens is 3. The molecule has 106 valence electrons. The van der Waals surface area contributed by atoms with Gasteiger partial charge in [-0.25, -0.2) is 0 Å². The minimum Gasteiger partial charge on any atom is -0.481 e. The molecule has 0 bridgehead atoms. The summed E-state index contributed by atoms with van der Waals surface area (Å²) < 4.78 is 2.57. The lowest BCUT2D eigenvalue weighted by Gasteiger charge is -2.18. The van der Waals surface area contributed by atoms with Crippen molar-refractivity contribution >= 4 is 53.8 Å². The Morgan fingerprint density at radius 2 is 1.74 bits per heavy atom. The number of rotatable bonds is 6. The van der Waals surface area contributed by atoms with Crippen LogP contribution in [0, 0.1) is 5.92 Å². The van der Waals surface area contributed by atoms with Gasteiger partial charge in [-0.15, -0.1) is 0 Å². The Kier molecular flexibility index (Phi) is 7.05. The number of hydrogen-bond donors (Lipinski definition) is 1. The molecular weight excluding hydrogens is 440 g/mol. The number of hydrogen-bond acceptors (Lipinski definition) is 1. The normalized spacial score (nSPS) is 14.2. The second kappa shape index (κ2) is 7.79. The summed E-state index contributed by atoms with van der Waals surface area (Å²) in [6.07, 6.45) is 2.65. The predicted octanol–water partition coefficient (Wildman–Crippen LogP) is 5.97. The summed E-state index contributed by atoms with van der Waals surface area (Å²) in [7, 11) is 0. The molecule has 2 atom stereocenters. The Hall–Kier alpha value is 0.130. The molecule has 0 radical (unpaired) electrons. The molecule has 19 heavy (non-hydrogen) atoms. The zero-order valence-corrected chi connectivity index (χ0v) is 15.7. The van der Waals surface area contributed by atoms with Crippen molar-refractivity contribution in [3.05, 3.63) is 31.1 Å². The van der Waals surface area contributed by atoms with E-state index >= 15 is 0 Å². The van der Waals surface area contributed by atoms with Crippen molar-refractivity contribution < 1.29 is 9.90 Å². The van der Waals surface area contributed by atoms with E-state index in [0.29, 0.717) is 12.3 Å². The van der Waals surface area contributed by atoms with E-state index in [-0.39, 0.29) is 0 Å². The molecule has 0 amide bonds. The van der Waals surface area contributed by atoms with Gasteiger partial charge in [0.25, 0.3) is 0 Å². The fourth-order valence-corrected chi connectivity index (χ4v) is 4.74. The van der Waals surface area contributed by atoms with Crippen molar-refractivity contribution in [3.8, 4) is 0 Å². The van der Waals surface area contributed by atoms with Gasteiger partial charge in [0.2, 0.25) is 0 Å². The maximum atomic E-state index is 11.5. The Labute approximate surface area is 139 Å². The number of carboxylic acids is 1. The molecule has 1 aromatic carbocycles. The Morgan fingerprint density at radius 3 is 2.16 bits per heavy atom. The molecule has 2 unspecified atom stereocenters. The van der Waals surface area contributed by atoms with Gasteiger partial charge in [0.15, 0.2) is 0 Å². The van der Waals surface area contributed by atoms with Crippen molar-refractivity contribution in [1.82, 2.24) is 0 Å². The van der Waals surface area contributed by atoms with Gasteiger partial charge in [0.05, 0.1) is 5.92 Å². The fraction of sp³-hybridized carbons (Fsp3) is 0.500. The lowest BCUT2D eigenvalue weighted by Crippen LogP contribution is -2.14. The molecule has 0 heterocycles. The summed E-state index contributed by atoms with van der Waals surface area (Å²) in [6, 6.07) is 3.78. The molecule has 5 heteroatoms. The predicted molar refractivity (Wildman–Crippen MR) is 88.6 cm³/mol.